The lowest BCUT2D eigenvalue weighted by atomic mass is 10.1. The average Bonchev–Trinajstić information content (AvgIpc) is 2.52. The number of carbonyl (C=O) groups is 1. The van der Waals surface area contributed by atoms with Crippen LogP contribution in [-0.4, -0.2) is 17.4 Å². The molecule has 0 unspecified atom stereocenters. The Morgan fingerprint density at radius 1 is 1.18 bits per heavy atom. The third kappa shape index (κ3) is 9.11. The fraction of sp³-hybridized carbons (Fsp3) is 0.529. The summed E-state index contributed by atoms with van der Waals surface area (Å²) in [5, 5.41) is 4.85. The van der Waals surface area contributed by atoms with Crippen molar-refractivity contribution < 1.29 is 4.79 Å². The lowest BCUT2D eigenvalue weighted by Gasteiger charge is -2.03. The zero-order valence-electron chi connectivity index (χ0n) is 13.4. The first-order valence-electron chi connectivity index (χ1n) is 7.82. The van der Waals surface area contributed by atoms with Crippen molar-refractivity contribution in [1.82, 2.24) is 5.43 Å². The second-order valence-corrected chi connectivity index (χ2v) is 6.77. The quantitative estimate of drug-likeness (QED) is 0.272. The van der Waals surface area contributed by atoms with Crippen molar-refractivity contribution in [3.05, 3.63) is 29.3 Å². The van der Waals surface area contributed by atoms with E-state index < -0.39 is 0 Å². The highest BCUT2D eigenvalue weighted by molar-refractivity contribution is 8.00. The number of carbonyl (C=O) groups excluding carboxylic acids is 1. The van der Waals surface area contributed by atoms with Crippen LogP contribution < -0.4 is 5.43 Å². The number of hydrogen-bond donors (Lipinski definition) is 1. The van der Waals surface area contributed by atoms with Gasteiger partial charge in [-0.15, -0.1) is 11.8 Å². The van der Waals surface area contributed by atoms with Crippen molar-refractivity contribution in [2.75, 3.05) is 5.75 Å². The van der Waals surface area contributed by atoms with Gasteiger partial charge in [0.15, 0.2) is 0 Å². The molecular formula is C17H25ClN2OS. The fourth-order valence-corrected chi connectivity index (χ4v) is 2.73. The number of thioether (sulfide) groups is 1. The van der Waals surface area contributed by atoms with E-state index in [0.717, 1.165) is 23.4 Å². The van der Waals surface area contributed by atoms with E-state index >= 15 is 0 Å². The molecule has 0 heterocycles. The van der Waals surface area contributed by atoms with Gasteiger partial charge in [-0.25, -0.2) is 5.43 Å². The minimum Gasteiger partial charge on any atom is -0.272 e. The van der Waals surface area contributed by atoms with E-state index in [1.807, 2.05) is 31.2 Å². The highest BCUT2D eigenvalue weighted by atomic mass is 35.5. The lowest BCUT2D eigenvalue weighted by molar-refractivity contribution is -0.118. The molecule has 0 bridgehead atoms. The molecule has 1 aromatic carbocycles. The molecule has 0 radical (unpaired) electrons. The largest absolute Gasteiger partial charge is 0.272 e. The van der Waals surface area contributed by atoms with Gasteiger partial charge < -0.3 is 0 Å². The Morgan fingerprint density at radius 3 is 2.55 bits per heavy atom. The average molecular weight is 341 g/mol. The predicted molar refractivity (Wildman–Crippen MR) is 96.8 cm³/mol. The van der Waals surface area contributed by atoms with Crippen LogP contribution in [0, 0.1) is 0 Å². The zero-order valence-corrected chi connectivity index (χ0v) is 15.0. The number of halogens is 1. The third-order valence-corrected chi connectivity index (χ3v) is 4.46. The molecule has 5 heteroatoms. The summed E-state index contributed by atoms with van der Waals surface area (Å²) in [5.74, 6) is 0.278. The highest BCUT2D eigenvalue weighted by Gasteiger charge is 2.02. The van der Waals surface area contributed by atoms with E-state index in [-0.39, 0.29) is 5.91 Å². The molecule has 22 heavy (non-hydrogen) atoms. The molecule has 0 spiro atoms. The Balaban J connectivity index is 2.18. The number of hydrazone groups is 1. The summed E-state index contributed by atoms with van der Waals surface area (Å²) in [6.45, 7) is 4.18. The predicted octanol–water partition coefficient (Wildman–Crippen LogP) is 5.28. The van der Waals surface area contributed by atoms with E-state index in [1.54, 1.807) is 0 Å². The normalized spacial score (nSPS) is 11.5. The minimum atomic E-state index is -0.0784. The van der Waals surface area contributed by atoms with Gasteiger partial charge in [-0.1, -0.05) is 44.2 Å². The molecule has 0 aliphatic rings. The van der Waals surface area contributed by atoms with Crippen LogP contribution in [0.15, 0.2) is 34.3 Å². The first-order valence-corrected chi connectivity index (χ1v) is 9.18. The summed E-state index contributed by atoms with van der Waals surface area (Å²) >= 11 is 7.30. The summed E-state index contributed by atoms with van der Waals surface area (Å²) in [6, 6.07) is 7.46. The van der Waals surface area contributed by atoms with E-state index in [0.29, 0.717) is 10.8 Å². The smallest absolute Gasteiger partial charge is 0.250 e. The summed E-state index contributed by atoms with van der Waals surface area (Å²) in [6.07, 6.45) is 7.18. The van der Waals surface area contributed by atoms with Gasteiger partial charge in [0.1, 0.15) is 0 Å². The number of unbranched alkanes of at least 4 members (excludes halogenated alkanes) is 4. The van der Waals surface area contributed by atoms with Crippen molar-refractivity contribution in [1.29, 1.82) is 0 Å². The SMILES string of the molecule is CCCCCCCC(C)=NNC(=O)CSc1ccc(Cl)cc1. The third-order valence-electron chi connectivity index (χ3n) is 3.20. The number of hydrogen-bond acceptors (Lipinski definition) is 3. The summed E-state index contributed by atoms with van der Waals surface area (Å²) in [5.41, 5.74) is 3.61. The second-order valence-electron chi connectivity index (χ2n) is 5.29. The number of rotatable bonds is 10. The first kappa shape index (κ1) is 19.0. The van der Waals surface area contributed by atoms with Crippen LogP contribution in [0.3, 0.4) is 0 Å². The van der Waals surface area contributed by atoms with Crippen LogP contribution in [0.1, 0.15) is 52.4 Å². The maximum absolute atomic E-state index is 11.7. The Bertz CT molecular complexity index is 474. The van der Waals surface area contributed by atoms with E-state index in [4.69, 9.17) is 11.6 Å². The molecule has 122 valence electrons. The fourth-order valence-electron chi connectivity index (χ4n) is 1.91. The summed E-state index contributed by atoms with van der Waals surface area (Å²) in [7, 11) is 0. The molecule has 1 rings (SSSR count). The van der Waals surface area contributed by atoms with E-state index in [1.165, 1.54) is 37.4 Å². The van der Waals surface area contributed by atoms with Gasteiger partial charge in [0.2, 0.25) is 5.91 Å². The van der Waals surface area contributed by atoms with Crippen molar-refractivity contribution in [3.63, 3.8) is 0 Å². The summed E-state index contributed by atoms with van der Waals surface area (Å²) in [4.78, 5) is 12.8. The van der Waals surface area contributed by atoms with E-state index in [2.05, 4.69) is 17.5 Å². The van der Waals surface area contributed by atoms with Crippen molar-refractivity contribution in [3.8, 4) is 0 Å². The van der Waals surface area contributed by atoms with Crippen LogP contribution in [0.25, 0.3) is 0 Å². The van der Waals surface area contributed by atoms with Crippen molar-refractivity contribution >= 4 is 35.0 Å². The Hall–Kier alpha value is -1.00. The van der Waals surface area contributed by atoms with Gasteiger partial charge in [-0.2, -0.15) is 5.10 Å². The van der Waals surface area contributed by atoms with Crippen LogP contribution in [0.5, 0.6) is 0 Å². The topological polar surface area (TPSA) is 41.5 Å². The Morgan fingerprint density at radius 2 is 1.86 bits per heavy atom. The van der Waals surface area contributed by atoms with Gasteiger partial charge in [0, 0.05) is 15.6 Å². The highest BCUT2D eigenvalue weighted by Crippen LogP contribution is 2.19. The Labute approximate surface area is 142 Å². The maximum atomic E-state index is 11.7. The zero-order chi connectivity index (χ0) is 16.2. The standard InChI is InChI=1S/C17H25ClN2OS/c1-3-4-5-6-7-8-14(2)19-20-17(21)13-22-16-11-9-15(18)10-12-16/h9-12H,3-8,13H2,1-2H3,(H,20,21). The molecule has 1 amide bonds. The maximum Gasteiger partial charge on any atom is 0.250 e. The van der Waals surface area contributed by atoms with Crippen LogP contribution in [0.4, 0.5) is 0 Å². The number of amides is 1. The Kier molecular flexibility index (Phi) is 10.0. The molecule has 0 aliphatic heterocycles. The van der Waals surface area contributed by atoms with Gasteiger partial charge in [0.25, 0.3) is 0 Å². The van der Waals surface area contributed by atoms with Crippen molar-refractivity contribution in [2.45, 2.75) is 57.3 Å². The molecule has 0 fully saturated rings. The molecule has 0 saturated carbocycles. The lowest BCUT2D eigenvalue weighted by Crippen LogP contribution is -2.20. The molecule has 1 N–H and O–H groups in total. The molecule has 0 saturated heterocycles. The monoisotopic (exact) mass is 340 g/mol. The van der Waals surface area contributed by atoms with Crippen molar-refractivity contribution in [2.24, 2.45) is 5.10 Å². The number of benzene rings is 1. The summed E-state index contributed by atoms with van der Waals surface area (Å²) < 4.78 is 0. The number of nitrogens with zero attached hydrogens (tertiary/aromatic N) is 1. The number of nitrogens with one attached hydrogen (secondary N) is 1. The minimum absolute atomic E-state index is 0.0784. The van der Waals surface area contributed by atoms with Gasteiger partial charge >= 0.3 is 0 Å². The molecule has 0 atom stereocenters. The molecule has 1 aromatic rings. The molecule has 3 nitrogen and oxygen atoms in total. The molecule has 0 aromatic heterocycles. The second kappa shape index (κ2) is 11.6. The van der Waals surface area contributed by atoms with E-state index in [9.17, 15) is 4.79 Å². The molecule has 0 aliphatic carbocycles. The van der Waals surface area contributed by atoms with Crippen LogP contribution >= 0.6 is 23.4 Å². The first-order chi connectivity index (χ1) is 10.6. The van der Waals surface area contributed by atoms with Gasteiger partial charge in [-0.05, 0) is 44.0 Å². The van der Waals surface area contributed by atoms with Crippen LogP contribution in [0.2, 0.25) is 5.02 Å². The van der Waals surface area contributed by atoms with Gasteiger partial charge in [-0.3, -0.25) is 4.79 Å². The van der Waals surface area contributed by atoms with Gasteiger partial charge in [0.05, 0.1) is 5.75 Å². The molecular weight excluding hydrogens is 316 g/mol. The van der Waals surface area contributed by atoms with Crippen LogP contribution in [-0.2, 0) is 4.79 Å².